The maximum Gasteiger partial charge on any atom is 0.265 e. The highest BCUT2D eigenvalue weighted by atomic mass is 79.9. The molecule has 1 heterocycles. The molecule has 2 aromatic rings. The molecule has 0 aliphatic rings. The van der Waals surface area contributed by atoms with Gasteiger partial charge in [0.15, 0.2) is 0 Å². The van der Waals surface area contributed by atoms with E-state index in [0.717, 1.165) is 8.26 Å². The van der Waals surface area contributed by atoms with Crippen LogP contribution in [0.1, 0.15) is 9.67 Å². The van der Waals surface area contributed by atoms with Crippen molar-refractivity contribution in [1.82, 2.24) is 0 Å². The number of hydrogen-bond acceptors (Lipinski definition) is 3. The lowest BCUT2D eigenvalue weighted by Crippen LogP contribution is -2.10. The van der Waals surface area contributed by atoms with E-state index in [1.165, 1.54) is 18.4 Å². The van der Waals surface area contributed by atoms with Gasteiger partial charge in [-0.15, -0.1) is 11.3 Å². The molecule has 1 aromatic carbocycles. The third kappa shape index (κ3) is 3.51. The molecule has 7 heteroatoms. The van der Waals surface area contributed by atoms with Gasteiger partial charge in [-0.1, -0.05) is 11.6 Å². The summed E-state index contributed by atoms with van der Waals surface area (Å²) in [6, 6.07) is 6.84. The van der Waals surface area contributed by atoms with Crippen LogP contribution in [-0.4, -0.2) is 13.0 Å². The van der Waals surface area contributed by atoms with Gasteiger partial charge in [0, 0.05) is 16.2 Å². The van der Waals surface area contributed by atoms with Crippen LogP contribution in [0, 0.1) is 0 Å². The summed E-state index contributed by atoms with van der Waals surface area (Å²) in [5.41, 5.74) is 0.631. The monoisotopic (exact) mass is 423 g/mol. The Hall–Kier alpha value is -0.560. The van der Waals surface area contributed by atoms with E-state index in [2.05, 4.69) is 37.2 Å². The summed E-state index contributed by atoms with van der Waals surface area (Å²) in [7, 11) is 1.53. The van der Waals surface area contributed by atoms with Gasteiger partial charge >= 0.3 is 0 Å². The molecule has 2 rings (SSSR count). The van der Waals surface area contributed by atoms with Gasteiger partial charge < -0.3 is 10.1 Å². The highest BCUT2D eigenvalue weighted by Crippen LogP contribution is 2.33. The Balaban J connectivity index is 2.19. The van der Waals surface area contributed by atoms with Crippen molar-refractivity contribution in [2.45, 2.75) is 0 Å². The Kier molecular flexibility index (Phi) is 4.89. The maximum absolute atomic E-state index is 12.0. The van der Waals surface area contributed by atoms with Crippen molar-refractivity contribution in [3.05, 3.63) is 42.4 Å². The lowest BCUT2D eigenvalue weighted by molar-refractivity contribution is 0.103. The van der Waals surface area contributed by atoms with Gasteiger partial charge in [-0.05, 0) is 50.1 Å². The van der Waals surface area contributed by atoms with E-state index < -0.39 is 0 Å². The summed E-state index contributed by atoms with van der Waals surface area (Å²) in [6.45, 7) is 0. The van der Waals surface area contributed by atoms with Crippen molar-refractivity contribution >= 4 is 66.4 Å². The van der Waals surface area contributed by atoms with Crippen molar-refractivity contribution in [3.8, 4) is 5.75 Å². The summed E-state index contributed by atoms with van der Waals surface area (Å²) in [6.07, 6.45) is 0. The fourth-order valence-corrected chi connectivity index (χ4v) is 3.51. The average molecular weight is 426 g/mol. The Bertz CT molecular complexity index is 611. The fourth-order valence-electron chi connectivity index (χ4n) is 1.39. The second-order valence-electron chi connectivity index (χ2n) is 3.54. The van der Waals surface area contributed by atoms with Crippen molar-refractivity contribution in [1.29, 1.82) is 0 Å². The van der Waals surface area contributed by atoms with Crippen LogP contribution in [0.15, 0.2) is 32.5 Å². The first-order valence-corrected chi connectivity index (χ1v) is 7.89. The molecule has 3 nitrogen and oxygen atoms in total. The van der Waals surface area contributed by atoms with E-state index in [1.807, 2.05) is 0 Å². The molecular formula is C12H8Br2ClNO2S. The predicted molar refractivity (Wildman–Crippen MR) is 85.7 cm³/mol. The number of halogens is 3. The second-order valence-corrected chi connectivity index (χ2v) is 7.17. The molecular weight excluding hydrogens is 417 g/mol. The molecule has 0 fully saturated rings. The summed E-state index contributed by atoms with van der Waals surface area (Å²) < 4.78 is 6.84. The Morgan fingerprint density at radius 3 is 2.68 bits per heavy atom. The lowest BCUT2D eigenvalue weighted by Gasteiger charge is -2.07. The zero-order valence-corrected chi connectivity index (χ0v) is 14.4. The van der Waals surface area contributed by atoms with Crippen LogP contribution in [0.3, 0.4) is 0 Å². The van der Waals surface area contributed by atoms with E-state index in [4.69, 9.17) is 16.3 Å². The minimum atomic E-state index is -0.180. The van der Waals surface area contributed by atoms with Crippen LogP contribution in [0.2, 0.25) is 5.02 Å². The van der Waals surface area contributed by atoms with Crippen LogP contribution in [0.5, 0.6) is 5.75 Å². The van der Waals surface area contributed by atoms with E-state index >= 15 is 0 Å². The first-order chi connectivity index (χ1) is 9.01. The molecule has 0 spiro atoms. The number of methoxy groups -OCH3 is 1. The van der Waals surface area contributed by atoms with Gasteiger partial charge in [0.05, 0.1) is 20.8 Å². The molecule has 0 unspecified atom stereocenters. The SMILES string of the molecule is COc1cc(NC(=O)c2cc(Br)c(Br)s2)ccc1Cl. The molecule has 0 atom stereocenters. The van der Waals surface area contributed by atoms with Gasteiger partial charge in [-0.3, -0.25) is 4.79 Å². The number of carbonyl (C=O) groups excluding carboxylic acids is 1. The van der Waals surface area contributed by atoms with Crippen LogP contribution in [0.25, 0.3) is 0 Å². The number of anilines is 1. The number of thiophene rings is 1. The van der Waals surface area contributed by atoms with E-state index in [1.54, 1.807) is 24.3 Å². The van der Waals surface area contributed by atoms with Gasteiger partial charge in [-0.2, -0.15) is 0 Å². The molecule has 1 N–H and O–H groups in total. The number of amides is 1. The number of benzene rings is 1. The largest absolute Gasteiger partial charge is 0.495 e. The van der Waals surface area contributed by atoms with Crippen molar-refractivity contribution in [3.63, 3.8) is 0 Å². The van der Waals surface area contributed by atoms with Gasteiger partial charge in [-0.25, -0.2) is 0 Å². The molecule has 19 heavy (non-hydrogen) atoms. The number of nitrogens with one attached hydrogen (secondary N) is 1. The molecule has 0 saturated carbocycles. The molecule has 1 aromatic heterocycles. The van der Waals surface area contributed by atoms with Crippen molar-refractivity contribution in [2.75, 3.05) is 12.4 Å². The smallest absolute Gasteiger partial charge is 0.265 e. The molecule has 0 aliphatic heterocycles. The summed E-state index contributed by atoms with van der Waals surface area (Å²) in [4.78, 5) is 12.7. The molecule has 0 saturated heterocycles. The standard InChI is InChI=1S/C12H8Br2ClNO2S/c1-18-9-4-6(2-3-8(9)15)16-12(17)10-5-7(13)11(14)19-10/h2-5H,1H3,(H,16,17). The van der Waals surface area contributed by atoms with Crippen LogP contribution in [0.4, 0.5) is 5.69 Å². The molecule has 1 amide bonds. The minimum absolute atomic E-state index is 0.180. The predicted octanol–water partition coefficient (Wildman–Crippen LogP) is 5.19. The third-order valence-electron chi connectivity index (χ3n) is 2.28. The number of ether oxygens (including phenoxy) is 1. The molecule has 0 aliphatic carbocycles. The Morgan fingerprint density at radius 2 is 2.11 bits per heavy atom. The number of hydrogen-bond donors (Lipinski definition) is 1. The highest BCUT2D eigenvalue weighted by Gasteiger charge is 2.13. The summed E-state index contributed by atoms with van der Waals surface area (Å²) in [5, 5.41) is 3.29. The Morgan fingerprint density at radius 1 is 1.37 bits per heavy atom. The molecule has 100 valence electrons. The fraction of sp³-hybridized carbons (Fsp3) is 0.0833. The van der Waals surface area contributed by atoms with Crippen LogP contribution >= 0.6 is 54.8 Å². The van der Waals surface area contributed by atoms with Crippen LogP contribution < -0.4 is 10.1 Å². The highest BCUT2D eigenvalue weighted by molar-refractivity contribution is 9.13. The summed E-state index contributed by atoms with van der Waals surface area (Å²) in [5.74, 6) is 0.341. The average Bonchev–Trinajstić information content (AvgIpc) is 2.72. The lowest BCUT2D eigenvalue weighted by atomic mass is 10.3. The number of carbonyl (C=O) groups is 1. The first-order valence-electron chi connectivity index (χ1n) is 5.11. The zero-order chi connectivity index (χ0) is 14.0. The molecule has 0 radical (unpaired) electrons. The zero-order valence-electron chi connectivity index (χ0n) is 9.67. The minimum Gasteiger partial charge on any atom is -0.495 e. The van der Waals surface area contributed by atoms with Gasteiger partial charge in [0.25, 0.3) is 5.91 Å². The number of rotatable bonds is 3. The second kappa shape index (κ2) is 6.26. The van der Waals surface area contributed by atoms with Crippen LogP contribution in [-0.2, 0) is 0 Å². The topological polar surface area (TPSA) is 38.3 Å². The maximum atomic E-state index is 12.0. The Labute approximate surface area is 136 Å². The summed E-state index contributed by atoms with van der Waals surface area (Å²) >= 11 is 14.0. The van der Waals surface area contributed by atoms with E-state index in [-0.39, 0.29) is 5.91 Å². The first kappa shape index (κ1) is 14.8. The van der Waals surface area contributed by atoms with Gasteiger partial charge in [0.2, 0.25) is 0 Å². The quantitative estimate of drug-likeness (QED) is 0.735. The van der Waals surface area contributed by atoms with E-state index in [9.17, 15) is 4.79 Å². The molecule has 0 bridgehead atoms. The normalized spacial score (nSPS) is 10.3. The third-order valence-corrected chi connectivity index (χ3v) is 5.85. The van der Waals surface area contributed by atoms with E-state index in [0.29, 0.717) is 21.3 Å². The van der Waals surface area contributed by atoms with Gasteiger partial charge in [0.1, 0.15) is 5.75 Å². The van der Waals surface area contributed by atoms with Crippen molar-refractivity contribution in [2.24, 2.45) is 0 Å². The van der Waals surface area contributed by atoms with Crippen molar-refractivity contribution < 1.29 is 9.53 Å².